The fourth-order valence-corrected chi connectivity index (χ4v) is 4.11. The Bertz CT molecular complexity index is 1430. The molecule has 0 saturated carbocycles. The fraction of sp³-hybridized carbons (Fsp3) is 0.414. The number of rotatable bonds is 13. The zero-order valence-electron chi connectivity index (χ0n) is 24.7. The van der Waals surface area contributed by atoms with Gasteiger partial charge in [0.1, 0.15) is 23.7 Å². The molecule has 0 saturated heterocycles. The van der Waals surface area contributed by atoms with Crippen molar-refractivity contribution in [1.29, 1.82) is 0 Å². The van der Waals surface area contributed by atoms with Crippen LogP contribution in [0.5, 0.6) is 11.5 Å². The molecule has 224 valence electrons. The molecule has 0 unspecified atom stereocenters. The quantitative estimate of drug-likeness (QED) is 0.139. The minimum atomic E-state index is -0.688. The highest BCUT2D eigenvalue weighted by Gasteiger charge is 2.20. The lowest BCUT2D eigenvalue weighted by Gasteiger charge is -2.19. The molecule has 2 aromatic carbocycles. The number of benzene rings is 2. The molecule has 0 aliphatic heterocycles. The first-order valence-electron chi connectivity index (χ1n) is 13.7. The van der Waals surface area contributed by atoms with Crippen LogP contribution in [-0.2, 0) is 29.7 Å². The molecule has 0 aliphatic rings. The van der Waals surface area contributed by atoms with Gasteiger partial charge in [0.25, 0.3) is 0 Å². The first kappa shape index (κ1) is 30.5. The van der Waals surface area contributed by atoms with Crippen molar-refractivity contribution in [2.75, 3.05) is 20.3 Å². The van der Waals surface area contributed by atoms with Crippen LogP contribution >= 0.6 is 0 Å². The number of carbonyl (C=O) groups is 1. The summed E-state index contributed by atoms with van der Waals surface area (Å²) in [5, 5.41) is 15.4. The second-order valence-corrected chi connectivity index (χ2v) is 10.7. The van der Waals surface area contributed by atoms with Crippen molar-refractivity contribution < 1.29 is 28.5 Å². The molecule has 0 spiro atoms. The van der Waals surface area contributed by atoms with Gasteiger partial charge in [-0.1, -0.05) is 24.3 Å². The van der Waals surface area contributed by atoms with E-state index in [1.54, 1.807) is 7.11 Å². The summed E-state index contributed by atoms with van der Waals surface area (Å²) < 4.78 is 20.5. The van der Waals surface area contributed by atoms with E-state index in [0.717, 1.165) is 35.4 Å². The number of nitrogens with zero attached hydrogens (tertiary/aromatic N) is 6. The molecule has 0 fully saturated rings. The highest BCUT2D eigenvalue weighted by molar-refractivity contribution is 5.67. The summed E-state index contributed by atoms with van der Waals surface area (Å²) in [4.78, 5) is 18.4. The number of methoxy groups -OCH3 is 1. The van der Waals surface area contributed by atoms with Gasteiger partial charge in [0, 0.05) is 6.54 Å². The molecule has 1 atom stereocenters. The summed E-state index contributed by atoms with van der Waals surface area (Å²) in [6, 6.07) is 15.4. The van der Waals surface area contributed by atoms with E-state index in [9.17, 15) is 4.79 Å². The standard InChI is InChI=1S/C29H38N8O5/c1-29(2,3)41-28(38)31-15-6-16-36-19-23(18-35(36)4)22-9-13-25(14-10-22)40-20-26(42-30)27-32-34-37(33-27)17-21-7-11-24(39-5)12-8-21/h7-14,18-19,26H,6,15-17,20,30H2,1-5H3/p+1/t26-/m0/s1. The minimum absolute atomic E-state index is 0.118. The molecule has 13 nitrogen and oxygen atoms in total. The van der Waals surface area contributed by atoms with Crippen molar-refractivity contribution in [2.45, 2.75) is 52.0 Å². The Labute approximate surface area is 245 Å². The van der Waals surface area contributed by atoms with Crippen molar-refractivity contribution in [3.8, 4) is 22.6 Å². The first-order valence-corrected chi connectivity index (χ1v) is 13.7. The Hall–Kier alpha value is -4.49. The third-order valence-electron chi connectivity index (χ3n) is 6.24. The molecule has 1 amide bonds. The summed E-state index contributed by atoms with van der Waals surface area (Å²) in [5.41, 5.74) is 2.59. The zero-order chi connectivity index (χ0) is 30.1. The van der Waals surface area contributed by atoms with E-state index in [2.05, 4.69) is 37.8 Å². The van der Waals surface area contributed by atoms with E-state index in [1.165, 1.54) is 4.80 Å². The van der Waals surface area contributed by atoms with E-state index < -0.39 is 17.8 Å². The maximum Gasteiger partial charge on any atom is 0.407 e. The number of amides is 1. The Morgan fingerprint density at radius 2 is 1.79 bits per heavy atom. The van der Waals surface area contributed by atoms with Crippen molar-refractivity contribution in [3.05, 3.63) is 72.3 Å². The van der Waals surface area contributed by atoms with Gasteiger partial charge >= 0.3 is 6.09 Å². The number of aryl methyl sites for hydroxylation is 2. The van der Waals surface area contributed by atoms with Gasteiger partial charge in [0.15, 0.2) is 13.2 Å². The number of tetrazole rings is 1. The van der Waals surface area contributed by atoms with Gasteiger partial charge in [0.05, 0.1) is 32.0 Å². The van der Waals surface area contributed by atoms with Crippen molar-refractivity contribution in [1.82, 2.24) is 30.2 Å². The topological polar surface area (TPSA) is 144 Å². The number of hydrogen-bond donors (Lipinski definition) is 2. The summed E-state index contributed by atoms with van der Waals surface area (Å²) in [7, 11) is 3.61. The summed E-state index contributed by atoms with van der Waals surface area (Å²) in [6.45, 7) is 7.36. The molecule has 0 radical (unpaired) electrons. The summed E-state index contributed by atoms with van der Waals surface area (Å²) in [6.07, 6.45) is 3.80. The summed E-state index contributed by atoms with van der Waals surface area (Å²) >= 11 is 0. The highest BCUT2D eigenvalue weighted by atomic mass is 16.6. The Morgan fingerprint density at radius 3 is 2.45 bits per heavy atom. The number of aromatic nitrogens is 6. The van der Waals surface area contributed by atoms with Crippen LogP contribution in [-0.4, -0.2) is 56.8 Å². The lowest BCUT2D eigenvalue weighted by Crippen LogP contribution is -2.39. The fourth-order valence-electron chi connectivity index (χ4n) is 4.11. The van der Waals surface area contributed by atoms with E-state index in [-0.39, 0.29) is 6.61 Å². The average Bonchev–Trinajstić information content (AvgIpc) is 3.57. The molecule has 4 aromatic rings. The van der Waals surface area contributed by atoms with Crippen LogP contribution in [0.4, 0.5) is 4.79 Å². The van der Waals surface area contributed by atoms with Crippen LogP contribution in [0.2, 0.25) is 0 Å². The van der Waals surface area contributed by atoms with E-state index in [1.807, 2.05) is 81.0 Å². The minimum Gasteiger partial charge on any atom is -0.497 e. The Morgan fingerprint density at radius 1 is 1.07 bits per heavy atom. The SMILES string of the molecule is COc1ccc(Cn2nnc([C@H](COc3ccc(-c4cn(CCCNC(=O)OC(C)(C)C)[n+](C)c4)cc3)ON)n2)cc1. The maximum absolute atomic E-state index is 11.8. The molecule has 42 heavy (non-hydrogen) atoms. The second kappa shape index (κ2) is 13.9. The number of hydrogen-bond acceptors (Lipinski definition) is 9. The smallest absolute Gasteiger partial charge is 0.407 e. The number of ether oxygens (including phenoxy) is 3. The number of nitrogens with two attached hydrogens (primary N) is 1. The Kier molecular flexibility index (Phi) is 10.1. The van der Waals surface area contributed by atoms with Crippen LogP contribution in [0.1, 0.15) is 44.7 Å². The third-order valence-corrected chi connectivity index (χ3v) is 6.24. The van der Waals surface area contributed by atoms with Crippen molar-refractivity contribution >= 4 is 6.09 Å². The van der Waals surface area contributed by atoms with Gasteiger partial charge in [-0.2, -0.15) is 9.48 Å². The molecule has 0 aliphatic carbocycles. The molecule has 0 bridgehead atoms. The monoisotopic (exact) mass is 579 g/mol. The molecule has 3 N–H and O–H groups in total. The van der Waals surface area contributed by atoms with Gasteiger partial charge in [-0.05, 0) is 67.8 Å². The highest BCUT2D eigenvalue weighted by Crippen LogP contribution is 2.23. The molecular formula is C29H39N8O5+. The van der Waals surface area contributed by atoms with Crippen LogP contribution in [0.25, 0.3) is 11.1 Å². The molecular weight excluding hydrogens is 540 g/mol. The van der Waals surface area contributed by atoms with E-state index >= 15 is 0 Å². The van der Waals surface area contributed by atoms with Gasteiger partial charge in [-0.25, -0.2) is 10.7 Å². The molecule has 2 aromatic heterocycles. The van der Waals surface area contributed by atoms with Gasteiger partial charge in [0.2, 0.25) is 12.0 Å². The van der Waals surface area contributed by atoms with Gasteiger partial charge in [-0.15, -0.1) is 14.9 Å². The molecule has 13 heteroatoms. The van der Waals surface area contributed by atoms with Gasteiger partial charge in [-0.3, -0.25) is 4.84 Å². The number of carbonyl (C=O) groups excluding carboxylic acids is 1. The normalized spacial score (nSPS) is 12.1. The maximum atomic E-state index is 11.8. The largest absolute Gasteiger partial charge is 0.497 e. The zero-order valence-corrected chi connectivity index (χ0v) is 24.7. The number of nitrogens with one attached hydrogen (secondary N) is 1. The lowest BCUT2D eigenvalue weighted by molar-refractivity contribution is -0.753. The van der Waals surface area contributed by atoms with Crippen LogP contribution in [0.15, 0.2) is 60.9 Å². The Balaban J connectivity index is 1.27. The molecule has 2 heterocycles. The predicted octanol–water partition coefficient (Wildman–Crippen LogP) is 2.95. The summed E-state index contributed by atoms with van der Waals surface area (Å²) in [5.74, 6) is 7.29. The number of alkyl carbamates (subject to hydrolysis) is 1. The van der Waals surface area contributed by atoms with Crippen LogP contribution < -0.4 is 25.4 Å². The predicted molar refractivity (Wildman–Crippen MR) is 153 cm³/mol. The van der Waals surface area contributed by atoms with Crippen molar-refractivity contribution in [2.24, 2.45) is 12.9 Å². The molecule has 4 rings (SSSR count). The lowest BCUT2D eigenvalue weighted by atomic mass is 10.1. The van der Waals surface area contributed by atoms with Crippen LogP contribution in [0.3, 0.4) is 0 Å². The van der Waals surface area contributed by atoms with E-state index in [4.69, 9.17) is 24.9 Å². The first-order chi connectivity index (χ1) is 20.1. The second-order valence-electron chi connectivity index (χ2n) is 10.7. The van der Waals surface area contributed by atoms with Crippen molar-refractivity contribution in [3.63, 3.8) is 0 Å². The third kappa shape index (κ3) is 8.75. The van der Waals surface area contributed by atoms with Crippen LogP contribution in [0, 0.1) is 0 Å². The average molecular weight is 580 g/mol. The van der Waals surface area contributed by atoms with E-state index in [0.29, 0.717) is 24.7 Å². The van der Waals surface area contributed by atoms with Gasteiger partial charge < -0.3 is 19.5 Å².